The van der Waals surface area contributed by atoms with Gasteiger partial charge in [0.1, 0.15) is 5.01 Å². The number of aromatic nitrogens is 1. The van der Waals surface area contributed by atoms with Crippen LogP contribution in [0, 0.1) is 0 Å². The lowest BCUT2D eigenvalue weighted by Gasteiger charge is -1.85. The Morgan fingerprint density at radius 3 is 2.92 bits per heavy atom. The molecule has 0 aliphatic rings. The molecule has 2 rings (SSSR count). The van der Waals surface area contributed by atoms with Crippen molar-refractivity contribution in [1.29, 1.82) is 0 Å². The molecular weight excluding hydrogens is 188 g/mol. The van der Waals surface area contributed by atoms with Crippen molar-refractivity contribution in [3.8, 4) is 9.75 Å². The summed E-state index contributed by atoms with van der Waals surface area (Å²) in [6, 6.07) is 4.14. The van der Waals surface area contributed by atoms with Gasteiger partial charge >= 0.3 is 0 Å². The minimum Gasteiger partial charge on any atom is -0.325 e. The summed E-state index contributed by atoms with van der Waals surface area (Å²) in [7, 11) is 0. The van der Waals surface area contributed by atoms with Crippen molar-refractivity contribution in [2.45, 2.75) is 6.54 Å². The molecule has 2 nitrogen and oxygen atoms in total. The number of rotatable bonds is 2. The van der Waals surface area contributed by atoms with Gasteiger partial charge in [0.25, 0.3) is 0 Å². The zero-order chi connectivity index (χ0) is 8.39. The van der Waals surface area contributed by atoms with Crippen molar-refractivity contribution < 1.29 is 0 Å². The molecule has 0 aromatic carbocycles. The summed E-state index contributed by atoms with van der Waals surface area (Å²) in [5.74, 6) is 0. The van der Waals surface area contributed by atoms with E-state index >= 15 is 0 Å². The standard InChI is InChI=1S/C8H8N2S2/c9-4-8-10-5-7(12-8)6-2-1-3-11-6/h1-3,5H,4,9H2. The largest absolute Gasteiger partial charge is 0.325 e. The molecule has 2 heterocycles. The topological polar surface area (TPSA) is 38.9 Å². The predicted molar refractivity (Wildman–Crippen MR) is 53.3 cm³/mol. The molecule has 0 bridgehead atoms. The van der Waals surface area contributed by atoms with Crippen LogP contribution in [0.3, 0.4) is 0 Å². The number of nitrogens with zero attached hydrogens (tertiary/aromatic N) is 1. The second-order valence-corrected chi connectivity index (χ2v) is 4.36. The maximum atomic E-state index is 5.47. The Labute approximate surface area is 78.7 Å². The summed E-state index contributed by atoms with van der Waals surface area (Å²) >= 11 is 3.39. The molecule has 2 aromatic heterocycles. The molecule has 2 aromatic rings. The van der Waals surface area contributed by atoms with Gasteiger partial charge in [-0.3, -0.25) is 0 Å². The van der Waals surface area contributed by atoms with E-state index in [2.05, 4.69) is 16.4 Å². The first-order valence-corrected chi connectivity index (χ1v) is 5.28. The second kappa shape index (κ2) is 3.35. The SMILES string of the molecule is NCc1ncc(-c2cccs2)s1. The third kappa shape index (κ3) is 1.41. The lowest BCUT2D eigenvalue weighted by atomic mass is 10.4. The number of nitrogens with two attached hydrogens (primary N) is 1. The Kier molecular flexibility index (Phi) is 2.21. The molecule has 0 spiro atoms. The highest BCUT2D eigenvalue weighted by Gasteiger charge is 2.02. The molecular formula is C8H8N2S2. The van der Waals surface area contributed by atoms with Crippen LogP contribution in [0.25, 0.3) is 9.75 Å². The van der Waals surface area contributed by atoms with Gasteiger partial charge in [0.15, 0.2) is 0 Å². The molecule has 0 radical (unpaired) electrons. The normalized spacial score (nSPS) is 10.4. The van der Waals surface area contributed by atoms with E-state index in [1.54, 1.807) is 22.7 Å². The smallest absolute Gasteiger partial charge is 0.107 e. The van der Waals surface area contributed by atoms with Crippen molar-refractivity contribution in [2.75, 3.05) is 0 Å². The molecule has 0 saturated heterocycles. The first-order valence-electron chi connectivity index (χ1n) is 3.59. The zero-order valence-electron chi connectivity index (χ0n) is 6.36. The van der Waals surface area contributed by atoms with E-state index in [1.165, 1.54) is 9.75 Å². The summed E-state index contributed by atoms with van der Waals surface area (Å²) < 4.78 is 0. The van der Waals surface area contributed by atoms with E-state index in [4.69, 9.17) is 5.73 Å². The van der Waals surface area contributed by atoms with Gasteiger partial charge < -0.3 is 5.73 Å². The summed E-state index contributed by atoms with van der Waals surface area (Å²) in [5, 5.41) is 3.07. The Balaban J connectivity index is 2.35. The van der Waals surface area contributed by atoms with Crippen molar-refractivity contribution in [3.05, 3.63) is 28.7 Å². The van der Waals surface area contributed by atoms with Crippen molar-refractivity contribution in [1.82, 2.24) is 4.98 Å². The van der Waals surface area contributed by atoms with Gasteiger partial charge in [-0.05, 0) is 11.4 Å². The van der Waals surface area contributed by atoms with Gasteiger partial charge in [0.05, 0.1) is 4.88 Å². The number of hydrogen-bond acceptors (Lipinski definition) is 4. The molecule has 12 heavy (non-hydrogen) atoms. The molecule has 0 amide bonds. The number of hydrogen-bond donors (Lipinski definition) is 1. The van der Waals surface area contributed by atoms with Gasteiger partial charge in [0, 0.05) is 17.6 Å². The molecule has 0 saturated carbocycles. The Morgan fingerprint density at radius 1 is 1.42 bits per heavy atom. The summed E-state index contributed by atoms with van der Waals surface area (Å²) in [4.78, 5) is 6.67. The minimum atomic E-state index is 0.538. The molecule has 0 aliphatic heterocycles. The van der Waals surface area contributed by atoms with Gasteiger partial charge in [0.2, 0.25) is 0 Å². The monoisotopic (exact) mass is 196 g/mol. The summed E-state index contributed by atoms with van der Waals surface area (Å²) in [5.41, 5.74) is 5.47. The van der Waals surface area contributed by atoms with E-state index in [0.29, 0.717) is 6.54 Å². The van der Waals surface area contributed by atoms with E-state index in [-0.39, 0.29) is 0 Å². The Morgan fingerprint density at radius 2 is 2.33 bits per heavy atom. The van der Waals surface area contributed by atoms with Crippen LogP contribution in [0.2, 0.25) is 0 Å². The van der Waals surface area contributed by atoms with Crippen LogP contribution >= 0.6 is 22.7 Å². The average Bonchev–Trinajstić information content (AvgIpc) is 2.75. The quantitative estimate of drug-likeness (QED) is 0.800. The van der Waals surface area contributed by atoms with E-state index in [0.717, 1.165) is 5.01 Å². The molecule has 0 atom stereocenters. The zero-order valence-corrected chi connectivity index (χ0v) is 7.99. The minimum absolute atomic E-state index is 0.538. The predicted octanol–water partition coefficient (Wildman–Crippen LogP) is 2.33. The van der Waals surface area contributed by atoms with Crippen molar-refractivity contribution in [2.24, 2.45) is 5.73 Å². The maximum Gasteiger partial charge on any atom is 0.107 e. The highest BCUT2D eigenvalue weighted by molar-refractivity contribution is 7.21. The number of thiazole rings is 1. The summed E-state index contributed by atoms with van der Waals surface area (Å²) in [6.07, 6.45) is 1.89. The maximum absolute atomic E-state index is 5.47. The van der Waals surface area contributed by atoms with Crippen LogP contribution in [-0.4, -0.2) is 4.98 Å². The molecule has 0 fully saturated rings. The van der Waals surface area contributed by atoms with Gasteiger partial charge in [-0.15, -0.1) is 22.7 Å². The van der Waals surface area contributed by atoms with Crippen LogP contribution in [0.5, 0.6) is 0 Å². The fourth-order valence-electron chi connectivity index (χ4n) is 0.937. The van der Waals surface area contributed by atoms with Gasteiger partial charge in [-0.1, -0.05) is 6.07 Å². The van der Waals surface area contributed by atoms with Crippen LogP contribution in [0.4, 0.5) is 0 Å². The lowest BCUT2D eigenvalue weighted by molar-refractivity contribution is 1.04. The first-order chi connectivity index (χ1) is 5.90. The molecule has 62 valence electrons. The molecule has 0 aliphatic carbocycles. The van der Waals surface area contributed by atoms with Gasteiger partial charge in [-0.2, -0.15) is 0 Å². The first kappa shape index (κ1) is 7.91. The van der Waals surface area contributed by atoms with Crippen LogP contribution in [-0.2, 0) is 6.54 Å². The molecule has 0 unspecified atom stereocenters. The van der Waals surface area contributed by atoms with E-state index < -0.39 is 0 Å². The lowest BCUT2D eigenvalue weighted by Crippen LogP contribution is -1.93. The molecule has 2 N–H and O–H groups in total. The van der Waals surface area contributed by atoms with Crippen LogP contribution in [0.15, 0.2) is 23.7 Å². The van der Waals surface area contributed by atoms with Crippen molar-refractivity contribution in [3.63, 3.8) is 0 Å². The Bertz CT molecular complexity index is 351. The van der Waals surface area contributed by atoms with Crippen molar-refractivity contribution >= 4 is 22.7 Å². The fraction of sp³-hybridized carbons (Fsp3) is 0.125. The second-order valence-electron chi connectivity index (χ2n) is 2.30. The Hall–Kier alpha value is -0.710. The third-order valence-electron chi connectivity index (χ3n) is 1.49. The fourth-order valence-corrected chi connectivity index (χ4v) is 2.55. The summed E-state index contributed by atoms with van der Waals surface area (Å²) in [6.45, 7) is 0.538. The highest BCUT2D eigenvalue weighted by atomic mass is 32.1. The molecule has 4 heteroatoms. The number of thiophene rings is 1. The van der Waals surface area contributed by atoms with E-state index in [9.17, 15) is 0 Å². The van der Waals surface area contributed by atoms with Crippen LogP contribution in [0.1, 0.15) is 5.01 Å². The van der Waals surface area contributed by atoms with Gasteiger partial charge in [-0.25, -0.2) is 4.98 Å². The highest BCUT2D eigenvalue weighted by Crippen LogP contribution is 2.29. The van der Waals surface area contributed by atoms with Crippen LogP contribution < -0.4 is 5.73 Å². The average molecular weight is 196 g/mol. The van der Waals surface area contributed by atoms with E-state index in [1.807, 2.05) is 12.3 Å². The third-order valence-corrected chi connectivity index (χ3v) is 3.58.